The number of nitrogens with one attached hydrogen (secondary N) is 1. The van der Waals surface area contributed by atoms with Gasteiger partial charge in [0.1, 0.15) is 11.9 Å². The van der Waals surface area contributed by atoms with E-state index in [0.29, 0.717) is 6.54 Å². The fourth-order valence-electron chi connectivity index (χ4n) is 2.37. The summed E-state index contributed by atoms with van der Waals surface area (Å²) < 4.78 is 5.99. The molecule has 24 heavy (non-hydrogen) atoms. The number of aromatic nitrogens is 1. The van der Waals surface area contributed by atoms with Crippen LogP contribution in [-0.4, -0.2) is 42.6 Å². The first-order chi connectivity index (χ1) is 11.5. The number of aryl methyl sites for hydroxylation is 2. The molecular formula is C18H26N4OS. The molecule has 0 fully saturated rings. The Labute approximate surface area is 148 Å². The van der Waals surface area contributed by atoms with Crippen LogP contribution in [0.1, 0.15) is 23.2 Å². The lowest BCUT2D eigenvalue weighted by Gasteiger charge is -2.23. The summed E-state index contributed by atoms with van der Waals surface area (Å²) in [4.78, 5) is 10.9. The van der Waals surface area contributed by atoms with Gasteiger partial charge in [-0.2, -0.15) is 0 Å². The highest BCUT2D eigenvalue weighted by Gasteiger charge is 2.11. The Balaban J connectivity index is 1.85. The van der Waals surface area contributed by atoms with Gasteiger partial charge >= 0.3 is 0 Å². The van der Waals surface area contributed by atoms with Crippen LogP contribution in [-0.2, 0) is 6.54 Å². The molecule has 0 aliphatic carbocycles. The largest absolute Gasteiger partial charge is 0.489 e. The first kappa shape index (κ1) is 18.3. The molecule has 0 amide bonds. The molecule has 130 valence electrons. The second kappa shape index (κ2) is 8.68. The molecule has 0 saturated carbocycles. The Morgan fingerprint density at radius 3 is 2.75 bits per heavy atom. The predicted molar refractivity (Wildman–Crippen MR) is 101 cm³/mol. The maximum absolute atomic E-state index is 5.99. The lowest BCUT2D eigenvalue weighted by molar-refractivity contribution is 0.221. The van der Waals surface area contributed by atoms with Gasteiger partial charge < -0.3 is 15.0 Å². The molecule has 5 nitrogen and oxygen atoms in total. The minimum atomic E-state index is 0.0396. The number of rotatable bonds is 6. The summed E-state index contributed by atoms with van der Waals surface area (Å²) in [5.41, 5.74) is 2.21. The molecule has 1 aromatic carbocycles. The van der Waals surface area contributed by atoms with E-state index in [1.165, 1.54) is 0 Å². The van der Waals surface area contributed by atoms with Gasteiger partial charge in [-0.15, -0.1) is 11.3 Å². The number of hydrogen-bond donors (Lipinski definition) is 1. The maximum Gasteiger partial charge on any atom is 0.193 e. The molecule has 2 aromatic rings. The summed E-state index contributed by atoms with van der Waals surface area (Å²) in [5.74, 6) is 1.76. The molecule has 2 rings (SSSR count). The molecule has 0 aliphatic rings. The van der Waals surface area contributed by atoms with Crippen LogP contribution in [0.15, 0.2) is 34.6 Å². The third-order valence-electron chi connectivity index (χ3n) is 3.61. The number of benzene rings is 1. The van der Waals surface area contributed by atoms with Gasteiger partial charge in [-0.1, -0.05) is 18.2 Å². The number of thiazole rings is 1. The molecule has 1 N–H and O–H groups in total. The summed E-state index contributed by atoms with van der Waals surface area (Å²) >= 11 is 1.67. The molecular weight excluding hydrogens is 320 g/mol. The Morgan fingerprint density at radius 1 is 1.38 bits per heavy atom. The summed E-state index contributed by atoms with van der Waals surface area (Å²) in [6.45, 7) is 7.54. The molecule has 0 spiro atoms. The molecule has 0 aliphatic heterocycles. The van der Waals surface area contributed by atoms with Crippen molar-refractivity contribution in [3.8, 4) is 5.75 Å². The van der Waals surface area contributed by atoms with Gasteiger partial charge in [-0.3, -0.25) is 4.99 Å². The first-order valence-corrected chi connectivity index (χ1v) is 8.92. The van der Waals surface area contributed by atoms with E-state index >= 15 is 0 Å². The maximum atomic E-state index is 5.99. The van der Waals surface area contributed by atoms with Crippen molar-refractivity contribution in [3.63, 3.8) is 0 Å². The van der Waals surface area contributed by atoms with Crippen molar-refractivity contribution in [1.29, 1.82) is 0 Å². The summed E-state index contributed by atoms with van der Waals surface area (Å²) in [6, 6.07) is 8.06. The molecule has 6 heteroatoms. The van der Waals surface area contributed by atoms with Gasteiger partial charge in [0, 0.05) is 19.5 Å². The minimum absolute atomic E-state index is 0.0396. The molecule has 1 aromatic heterocycles. The fraction of sp³-hybridized carbons (Fsp3) is 0.444. The normalized spacial score (nSPS) is 12.8. The van der Waals surface area contributed by atoms with Crippen LogP contribution in [0, 0.1) is 13.8 Å². The van der Waals surface area contributed by atoms with Crippen LogP contribution in [0.25, 0.3) is 0 Å². The third-order valence-corrected chi connectivity index (χ3v) is 4.43. The zero-order chi connectivity index (χ0) is 17.5. The summed E-state index contributed by atoms with van der Waals surface area (Å²) in [6.07, 6.45) is 0.0396. The van der Waals surface area contributed by atoms with E-state index in [2.05, 4.69) is 45.5 Å². The second-order valence-electron chi connectivity index (χ2n) is 5.84. The Kier molecular flexibility index (Phi) is 6.61. The van der Waals surface area contributed by atoms with Gasteiger partial charge in [-0.25, -0.2) is 4.98 Å². The van der Waals surface area contributed by atoms with Crippen molar-refractivity contribution >= 4 is 17.3 Å². The van der Waals surface area contributed by atoms with Crippen LogP contribution in [0.3, 0.4) is 0 Å². The smallest absolute Gasteiger partial charge is 0.193 e. The fourth-order valence-corrected chi connectivity index (χ4v) is 2.97. The summed E-state index contributed by atoms with van der Waals surface area (Å²) in [5, 5.41) is 6.53. The van der Waals surface area contributed by atoms with Crippen LogP contribution in [0.5, 0.6) is 5.75 Å². The van der Waals surface area contributed by atoms with Gasteiger partial charge in [0.05, 0.1) is 23.8 Å². The van der Waals surface area contributed by atoms with E-state index in [0.717, 1.165) is 34.5 Å². The van der Waals surface area contributed by atoms with Crippen molar-refractivity contribution in [1.82, 2.24) is 15.2 Å². The van der Waals surface area contributed by atoms with Crippen LogP contribution in [0.4, 0.5) is 0 Å². The highest BCUT2D eigenvalue weighted by Crippen LogP contribution is 2.17. The quantitative estimate of drug-likeness (QED) is 0.644. The van der Waals surface area contributed by atoms with Crippen molar-refractivity contribution in [2.24, 2.45) is 4.99 Å². The van der Waals surface area contributed by atoms with Crippen molar-refractivity contribution < 1.29 is 4.74 Å². The van der Waals surface area contributed by atoms with E-state index < -0.39 is 0 Å². The molecule has 1 atom stereocenters. The Bertz CT molecular complexity index is 683. The van der Waals surface area contributed by atoms with E-state index in [-0.39, 0.29) is 6.10 Å². The number of hydrogen-bond acceptors (Lipinski definition) is 4. The number of guanidine groups is 1. The standard InChI is InChI=1S/C18H26N4OS/c1-13-8-6-7-9-17(13)23-14(2)10-20-18(19-4)22(5)11-16-12-24-15(3)21-16/h6-9,12,14H,10-11H2,1-5H3,(H,19,20). The average Bonchev–Trinajstić information content (AvgIpc) is 2.95. The Hall–Kier alpha value is -2.08. The summed E-state index contributed by atoms with van der Waals surface area (Å²) in [7, 11) is 3.80. The molecule has 1 heterocycles. The first-order valence-electron chi connectivity index (χ1n) is 8.04. The van der Waals surface area contributed by atoms with E-state index in [1.54, 1.807) is 18.4 Å². The molecule has 1 unspecified atom stereocenters. The average molecular weight is 347 g/mol. The zero-order valence-corrected chi connectivity index (χ0v) is 15.9. The number of aliphatic imine (C=N–C) groups is 1. The SMILES string of the molecule is CN=C(NCC(C)Oc1ccccc1C)N(C)Cc1csc(C)n1. The highest BCUT2D eigenvalue weighted by atomic mass is 32.1. The lowest BCUT2D eigenvalue weighted by atomic mass is 10.2. The van der Waals surface area contributed by atoms with Gasteiger partial charge in [-0.05, 0) is 32.4 Å². The van der Waals surface area contributed by atoms with E-state index in [4.69, 9.17) is 4.74 Å². The van der Waals surface area contributed by atoms with Crippen molar-refractivity contribution in [3.05, 3.63) is 45.9 Å². The zero-order valence-electron chi connectivity index (χ0n) is 15.0. The van der Waals surface area contributed by atoms with E-state index in [9.17, 15) is 0 Å². The third kappa shape index (κ3) is 5.23. The molecule has 0 radical (unpaired) electrons. The van der Waals surface area contributed by atoms with Crippen LogP contribution >= 0.6 is 11.3 Å². The van der Waals surface area contributed by atoms with Crippen molar-refractivity contribution in [2.75, 3.05) is 20.6 Å². The molecule has 0 bridgehead atoms. The van der Waals surface area contributed by atoms with E-state index in [1.807, 2.05) is 32.2 Å². The van der Waals surface area contributed by atoms with Gasteiger partial charge in [0.15, 0.2) is 5.96 Å². The predicted octanol–water partition coefficient (Wildman–Crippen LogP) is 3.23. The molecule has 0 saturated heterocycles. The van der Waals surface area contributed by atoms with Gasteiger partial charge in [0.25, 0.3) is 0 Å². The topological polar surface area (TPSA) is 49.8 Å². The number of para-hydroxylation sites is 1. The van der Waals surface area contributed by atoms with Crippen LogP contribution in [0.2, 0.25) is 0 Å². The minimum Gasteiger partial charge on any atom is -0.489 e. The van der Waals surface area contributed by atoms with Crippen molar-refractivity contribution in [2.45, 2.75) is 33.4 Å². The number of nitrogens with zero attached hydrogens (tertiary/aromatic N) is 3. The van der Waals surface area contributed by atoms with Gasteiger partial charge in [0.2, 0.25) is 0 Å². The Morgan fingerprint density at radius 2 is 2.12 bits per heavy atom. The number of ether oxygens (including phenoxy) is 1. The second-order valence-corrected chi connectivity index (χ2v) is 6.90. The monoisotopic (exact) mass is 346 g/mol. The lowest BCUT2D eigenvalue weighted by Crippen LogP contribution is -2.42. The highest BCUT2D eigenvalue weighted by molar-refractivity contribution is 7.09. The van der Waals surface area contributed by atoms with Crippen LogP contribution < -0.4 is 10.1 Å².